The third kappa shape index (κ3) is 3.01. The van der Waals surface area contributed by atoms with Gasteiger partial charge >= 0.3 is 0 Å². The third-order valence-electron chi connectivity index (χ3n) is 4.28. The van der Waals surface area contributed by atoms with Crippen LogP contribution in [-0.2, 0) is 17.7 Å². The number of nitrogens with one attached hydrogen (secondary N) is 1. The number of fused-ring (bicyclic) bond motifs is 1. The SMILES string of the molecule is CCOCCc1cnc2n1CCN(C(=O)c1cnc(C)[nH]1)C2C. The van der Waals surface area contributed by atoms with E-state index in [2.05, 4.69) is 19.5 Å². The molecular formula is C16H23N5O2. The highest BCUT2D eigenvalue weighted by Gasteiger charge is 2.31. The minimum Gasteiger partial charge on any atom is -0.381 e. The maximum Gasteiger partial charge on any atom is 0.272 e. The molecule has 1 N–H and O–H groups in total. The van der Waals surface area contributed by atoms with Gasteiger partial charge in [0.05, 0.1) is 18.8 Å². The zero-order valence-electron chi connectivity index (χ0n) is 13.9. The fourth-order valence-corrected chi connectivity index (χ4v) is 3.04. The molecule has 1 aliphatic heterocycles. The number of aromatic nitrogens is 4. The summed E-state index contributed by atoms with van der Waals surface area (Å²) in [5, 5.41) is 0. The van der Waals surface area contributed by atoms with E-state index in [0.717, 1.165) is 31.2 Å². The van der Waals surface area contributed by atoms with Gasteiger partial charge < -0.3 is 19.2 Å². The van der Waals surface area contributed by atoms with Gasteiger partial charge in [-0.25, -0.2) is 9.97 Å². The van der Waals surface area contributed by atoms with E-state index in [0.29, 0.717) is 18.8 Å². The second kappa shape index (κ2) is 6.54. The van der Waals surface area contributed by atoms with Gasteiger partial charge in [-0.3, -0.25) is 4.79 Å². The van der Waals surface area contributed by atoms with Gasteiger partial charge in [0.1, 0.15) is 17.3 Å². The Labute approximate surface area is 135 Å². The van der Waals surface area contributed by atoms with Gasteiger partial charge in [0.25, 0.3) is 5.91 Å². The van der Waals surface area contributed by atoms with E-state index in [-0.39, 0.29) is 11.9 Å². The maximum atomic E-state index is 12.6. The molecule has 0 radical (unpaired) electrons. The first-order valence-electron chi connectivity index (χ1n) is 8.06. The number of ether oxygens (including phenoxy) is 1. The Morgan fingerprint density at radius 3 is 2.91 bits per heavy atom. The van der Waals surface area contributed by atoms with Crippen molar-refractivity contribution in [1.29, 1.82) is 0 Å². The van der Waals surface area contributed by atoms with Crippen molar-refractivity contribution in [2.45, 2.75) is 39.8 Å². The number of rotatable bonds is 5. The molecule has 7 nitrogen and oxygen atoms in total. The smallest absolute Gasteiger partial charge is 0.272 e. The van der Waals surface area contributed by atoms with Crippen molar-refractivity contribution in [3.8, 4) is 0 Å². The van der Waals surface area contributed by atoms with Crippen LogP contribution in [0, 0.1) is 6.92 Å². The van der Waals surface area contributed by atoms with E-state index in [1.54, 1.807) is 6.20 Å². The van der Waals surface area contributed by atoms with Crippen LogP contribution in [-0.4, -0.2) is 50.1 Å². The Morgan fingerprint density at radius 2 is 2.22 bits per heavy atom. The first kappa shape index (κ1) is 15.7. The number of imidazole rings is 2. The zero-order chi connectivity index (χ0) is 16.4. The average Bonchev–Trinajstić information content (AvgIpc) is 3.15. The standard InChI is InChI=1S/C16H23N5O2/c1-4-23-8-5-13-9-18-15-11(2)20(6-7-21(13)15)16(22)14-10-17-12(3)19-14/h9-11H,4-8H2,1-3H3,(H,17,19). The van der Waals surface area contributed by atoms with Crippen molar-refractivity contribution >= 4 is 5.91 Å². The second-order valence-electron chi connectivity index (χ2n) is 5.76. The molecule has 1 unspecified atom stereocenters. The van der Waals surface area contributed by atoms with Gasteiger partial charge in [-0.1, -0.05) is 0 Å². The Bertz CT molecular complexity index is 690. The summed E-state index contributed by atoms with van der Waals surface area (Å²) < 4.78 is 7.64. The lowest BCUT2D eigenvalue weighted by Gasteiger charge is -2.34. The highest BCUT2D eigenvalue weighted by molar-refractivity contribution is 5.92. The quantitative estimate of drug-likeness (QED) is 0.852. The first-order chi connectivity index (χ1) is 11.1. The van der Waals surface area contributed by atoms with E-state index < -0.39 is 0 Å². The molecule has 0 aromatic carbocycles. The first-order valence-corrected chi connectivity index (χ1v) is 8.06. The molecule has 7 heteroatoms. The molecule has 0 bridgehead atoms. The van der Waals surface area contributed by atoms with Crippen molar-refractivity contribution in [2.75, 3.05) is 19.8 Å². The summed E-state index contributed by atoms with van der Waals surface area (Å²) >= 11 is 0. The van der Waals surface area contributed by atoms with Crippen molar-refractivity contribution in [3.05, 3.63) is 35.4 Å². The molecule has 1 aliphatic rings. The van der Waals surface area contributed by atoms with Crippen molar-refractivity contribution in [3.63, 3.8) is 0 Å². The van der Waals surface area contributed by atoms with Crippen molar-refractivity contribution in [1.82, 2.24) is 24.4 Å². The number of amides is 1. The van der Waals surface area contributed by atoms with Crippen LogP contribution in [0.5, 0.6) is 0 Å². The van der Waals surface area contributed by atoms with Crippen LogP contribution in [0.3, 0.4) is 0 Å². The van der Waals surface area contributed by atoms with Crippen LogP contribution in [0.2, 0.25) is 0 Å². The van der Waals surface area contributed by atoms with Gasteiger partial charge in [-0.15, -0.1) is 0 Å². The van der Waals surface area contributed by atoms with Gasteiger partial charge in [0, 0.05) is 38.0 Å². The predicted molar refractivity (Wildman–Crippen MR) is 85.2 cm³/mol. The second-order valence-corrected chi connectivity index (χ2v) is 5.76. The Morgan fingerprint density at radius 1 is 1.39 bits per heavy atom. The summed E-state index contributed by atoms with van der Waals surface area (Å²) in [5.41, 5.74) is 1.70. The summed E-state index contributed by atoms with van der Waals surface area (Å²) in [6, 6.07) is -0.0549. The lowest BCUT2D eigenvalue weighted by molar-refractivity contribution is 0.0629. The van der Waals surface area contributed by atoms with Crippen LogP contribution >= 0.6 is 0 Å². The fraction of sp³-hybridized carbons (Fsp3) is 0.562. The molecule has 124 valence electrons. The number of hydrogen-bond acceptors (Lipinski definition) is 4. The largest absolute Gasteiger partial charge is 0.381 e. The third-order valence-corrected chi connectivity index (χ3v) is 4.28. The van der Waals surface area contributed by atoms with Gasteiger partial charge in [-0.05, 0) is 20.8 Å². The molecule has 0 saturated heterocycles. The molecule has 23 heavy (non-hydrogen) atoms. The lowest BCUT2D eigenvalue weighted by Crippen LogP contribution is -2.41. The van der Waals surface area contributed by atoms with E-state index in [1.165, 1.54) is 5.69 Å². The number of aromatic amines is 1. The van der Waals surface area contributed by atoms with Gasteiger partial charge in [-0.2, -0.15) is 0 Å². The molecule has 3 rings (SSSR count). The minimum atomic E-state index is -0.0549. The van der Waals surface area contributed by atoms with Crippen LogP contribution in [0.4, 0.5) is 0 Å². The number of nitrogens with zero attached hydrogens (tertiary/aromatic N) is 4. The lowest BCUT2D eigenvalue weighted by atomic mass is 10.2. The Hall–Kier alpha value is -2.15. The van der Waals surface area contributed by atoms with E-state index in [9.17, 15) is 4.79 Å². The molecule has 2 aromatic heterocycles. The Kier molecular flexibility index (Phi) is 4.47. The summed E-state index contributed by atoms with van der Waals surface area (Å²) in [6.45, 7) is 8.71. The number of aryl methyl sites for hydroxylation is 1. The molecule has 2 aromatic rings. The molecule has 0 saturated carbocycles. The minimum absolute atomic E-state index is 0.0248. The number of carbonyl (C=O) groups is 1. The summed E-state index contributed by atoms with van der Waals surface area (Å²) in [4.78, 5) is 26.2. The van der Waals surface area contributed by atoms with Crippen LogP contribution in [0.25, 0.3) is 0 Å². The number of hydrogen-bond donors (Lipinski definition) is 1. The summed E-state index contributed by atoms with van der Waals surface area (Å²) in [6.07, 6.45) is 4.35. The monoisotopic (exact) mass is 317 g/mol. The van der Waals surface area contributed by atoms with E-state index >= 15 is 0 Å². The summed E-state index contributed by atoms with van der Waals surface area (Å²) in [7, 11) is 0. The molecule has 3 heterocycles. The zero-order valence-corrected chi connectivity index (χ0v) is 13.9. The molecular weight excluding hydrogens is 294 g/mol. The fourth-order valence-electron chi connectivity index (χ4n) is 3.04. The molecule has 0 spiro atoms. The van der Waals surface area contributed by atoms with Crippen LogP contribution < -0.4 is 0 Å². The topological polar surface area (TPSA) is 76.0 Å². The highest BCUT2D eigenvalue weighted by Crippen LogP contribution is 2.26. The van der Waals surface area contributed by atoms with Crippen LogP contribution in [0.1, 0.15) is 47.7 Å². The van der Waals surface area contributed by atoms with Gasteiger partial charge in [0.15, 0.2) is 0 Å². The van der Waals surface area contributed by atoms with Gasteiger partial charge in [0.2, 0.25) is 0 Å². The summed E-state index contributed by atoms with van der Waals surface area (Å²) in [5.74, 6) is 1.66. The molecule has 1 amide bonds. The average molecular weight is 317 g/mol. The van der Waals surface area contributed by atoms with E-state index in [1.807, 2.05) is 31.9 Å². The predicted octanol–water partition coefficient (Wildman–Crippen LogP) is 1.71. The van der Waals surface area contributed by atoms with Crippen molar-refractivity contribution in [2.24, 2.45) is 0 Å². The molecule has 0 fully saturated rings. The molecule has 1 atom stereocenters. The maximum absolute atomic E-state index is 12.6. The van der Waals surface area contributed by atoms with Crippen molar-refractivity contribution < 1.29 is 9.53 Å². The highest BCUT2D eigenvalue weighted by atomic mass is 16.5. The number of H-pyrrole nitrogens is 1. The van der Waals surface area contributed by atoms with Crippen LogP contribution in [0.15, 0.2) is 12.4 Å². The Balaban J connectivity index is 1.76. The van der Waals surface area contributed by atoms with E-state index in [4.69, 9.17) is 4.74 Å². The number of carbonyl (C=O) groups excluding carboxylic acids is 1. The normalized spacial score (nSPS) is 17.3. The molecule has 0 aliphatic carbocycles.